The van der Waals surface area contributed by atoms with Crippen LogP contribution in [0.5, 0.6) is 0 Å². The highest BCUT2D eigenvalue weighted by molar-refractivity contribution is 7.61. The molecule has 2 aromatic carbocycles. The van der Waals surface area contributed by atoms with Crippen molar-refractivity contribution in [2.24, 2.45) is 0 Å². The molecule has 0 amide bonds. The first-order valence-electron chi connectivity index (χ1n) is 10.4. The normalized spacial score (nSPS) is 11.6. The fourth-order valence-corrected chi connectivity index (χ4v) is 4.94. The Morgan fingerprint density at radius 3 is 2.00 bits per heavy atom. The van der Waals surface area contributed by atoms with Gasteiger partial charge in [-0.2, -0.15) is 0 Å². The monoisotopic (exact) mass is 401 g/mol. The number of benzene rings is 2. The lowest BCUT2D eigenvalue weighted by molar-refractivity contribution is 0.192. The third-order valence-electron chi connectivity index (χ3n) is 5.03. The second-order valence-corrected chi connectivity index (χ2v) is 8.74. The number of hydrogen-bond acceptors (Lipinski definition) is 3. The Morgan fingerprint density at radius 1 is 0.714 bits per heavy atom. The van der Waals surface area contributed by atoms with Crippen LogP contribution < -0.4 is 10.6 Å². The fraction of sp³-hybridized carbons (Fsp3) is 0.500. The van der Waals surface area contributed by atoms with Gasteiger partial charge in [-0.3, -0.25) is 0 Å². The van der Waals surface area contributed by atoms with Gasteiger partial charge in [0.1, 0.15) is 0 Å². The molecule has 0 bridgehead atoms. The first-order chi connectivity index (χ1) is 13.8. The second kappa shape index (κ2) is 13.6. The Kier molecular flexibility index (Phi) is 11.1. The van der Waals surface area contributed by atoms with E-state index in [9.17, 15) is 4.57 Å². The summed E-state index contributed by atoms with van der Waals surface area (Å²) in [6.07, 6.45) is 8.76. The van der Waals surface area contributed by atoms with E-state index >= 15 is 0 Å². The minimum Gasteiger partial charge on any atom is -0.385 e. The number of unbranched alkanes of at least 4 members (excludes halogenated alkanes) is 4. The molecule has 0 fully saturated rings. The first kappa shape index (κ1) is 22.7. The maximum absolute atomic E-state index is 13.3. The smallest absolute Gasteiger partial charge is 0.385 e. The summed E-state index contributed by atoms with van der Waals surface area (Å²) in [6.45, 7) is 1.64. The minimum atomic E-state index is -1.55. The predicted octanol–water partition coefficient (Wildman–Crippen LogP) is 5.18. The van der Waals surface area contributed by atoms with Crippen LogP contribution in [0.2, 0.25) is 0 Å². The van der Waals surface area contributed by atoms with Crippen LogP contribution in [0.3, 0.4) is 0 Å². The maximum atomic E-state index is 13.3. The lowest BCUT2D eigenvalue weighted by Crippen LogP contribution is -2.14. The average Bonchev–Trinajstić information content (AvgIpc) is 2.74. The minimum absolute atomic E-state index is 0.812. The van der Waals surface area contributed by atoms with E-state index in [-0.39, 0.29) is 0 Å². The molecule has 1 unspecified atom stereocenters. The molecule has 2 rings (SSSR count). The molecule has 0 saturated carbocycles. The van der Waals surface area contributed by atoms with Gasteiger partial charge in [0.15, 0.2) is 10.6 Å². The zero-order valence-corrected chi connectivity index (χ0v) is 18.3. The van der Waals surface area contributed by atoms with Crippen LogP contribution in [-0.2, 0) is 26.9 Å². The van der Waals surface area contributed by atoms with E-state index in [4.69, 9.17) is 9.47 Å². The third kappa shape index (κ3) is 7.47. The van der Waals surface area contributed by atoms with Gasteiger partial charge < -0.3 is 9.47 Å². The Hall–Kier alpha value is -1.54. The molecule has 0 spiro atoms. The van der Waals surface area contributed by atoms with Gasteiger partial charge in [-0.25, -0.2) is 0 Å². The number of methoxy groups -OCH3 is 2. The molecule has 0 heterocycles. The van der Waals surface area contributed by atoms with Gasteiger partial charge in [0, 0.05) is 33.0 Å². The molecule has 0 aliphatic carbocycles. The van der Waals surface area contributed by atoms with E-state index in [2.05, 4.69) is 18.2 Å². The molecular formula is C24H34O3P+. The summed E-state index contributed by atoms with van der Waals surface area (Å²) in [7, 11) is 1.95. The standard InChI is InChI=1S/C24H34O3P/c1-26-19-10-4-6-13-21-14-12-18-24(23(21)17-9-5-11-20-27-2)28(25)22-15-7-3-8-16-22/h3,7-8,12,14-16,18H,4-6,9-11,13,17,19-20H2,1-2H3/q+1. The predicted molar refractivity (Wildman–Crippen MR) is 119 cm³/mol. The van der Waals surface area contributed by atoms with Crippen LogP contribution in [0.25, 0.3) is 0 Å². The summed E-state index contributed by atoms with van der Waals surface area (Å²) in [5.41, 5.74) is 2.66. The second-order valence-electron chi connectivity index (χ2n) is 7.15. The number of rotatable bonds is 14. The van der Waals surface area contributed by atoms with E-state index in [0.717, 1.165) is 75.2 Å². The Labute approximate surface area is 171 Å². The Bertz CT molecular complexity index is 700. The summed E-state index contributed by atoms with van der Waals surface area (Å²) in [4.78, 5) is 0. The van der Waals surface area contributed by atoms with Crippen molar-refractivity contribution in [3.05, 3.63) is 59.7 Å². The van der Waals surface area contributed by atoms with Gasteiger partial charge in [-0.05, 0) is 62.3 Å². The molecule has 2 aromatic rings. The van der Waals surface area contributed by atoms with Crippen molar-refractivity contribution in [3.63, 3.8) is 0 Å². The molecule has 0 aliphatic heterocycles. The number of aryl methyl sites for hydroxylation is 1. The van der Waals surface area contributed by atoms with E-state index in [1.54, 1.807) is 14.2 Å². The van der Waals surface area contributed by atoms with Crippen LogP contribution in [0.15, 0.2) is 48.5 Å². The van der Waals surface area contributed by atoms with Crippen molar-refractivity contribution >= 4 is 18.4 Å². The highest BCUT2D eigenvalue weighted by atomic mass is 31.1. The zero-order chi connectivity index (χ0) is 20.0. The van der Waals surface area contributed by atoms with Gasteiger partial charge in [-0.1, -0.05) is 47.7 Å². The van der Waals surface area contributed by atoms with E-state index in [1.165, 1.54) is 11.1 Å². The molecule has 0 aliphatic rings. The van der Waals surface area contributed by atoms with Gasteiger partial charge in [-0.15, -0.1) is 0 Å². The highest BCUT2D eigenvalue weighted by Crippen LogP contribution is 2.26. The quantitative estimate of drug-likeness (QED) is 0.323. The third-order valence-corrected chi connectivity index (χ3v) is 6.65. The molecule has 3 nitrogen and oxygen atoms in total. The van der Waals surface area contributed by atoms with Crippen LogP contribution >= 0.6 is 7.80 Å². The summed E-state index contributed by atoms with van der Waals surface area (Å²) >= 11 is 0. The molecule has 0 aromatic heterocycles. The average molecular weight is 402 g/mol. The SMILES string of the molecule is COCCCCCc1cccc([P+](=O)c2ccccc2)c1CCCCCOC. The fourth-order valence-electron chi connectivity index (χ4n) is 3.50. The highest BCUT2D eigenvalue weighted by Gasteiger charge is 2.27. The molecule has 1 atom stereocenters. The van der Waals surface area contributed by atoms with Crippen LogP contribution in [0.1, 0.15) is 49.7 Å². The molecule has 0 N–H and O–H groups in total. The lowest BCUT2D eigenvalue weighted by Gasteiger charge is -2.10. The largest absolute Gasteiger partial charge is 0.415 e. The van der Waals surface area contributed by atoms with Crippen molar-refractivity contribution in [1.82, 2.24) is 0 Å². The molecule has 0 saturated heterocycles. The van der Waals surface area contributed by atoms with E-state index in [0.29, 0.717) is 0 Å². The summed E-state index contributed by atoms with van der Waals surface area (Å²) in [5.74, 6) is 0. The maximum Gasteiger partial charge on any atom is 0.415 e. The molecule has 4 heteroatoms. The summed E-state index contributed by atoms with van der Waals surface area (Å²) in [5, 5.41) is 1.93. The van der Waals surface area contributed by atoms with E-state index < -0.39 is 7.80 Å². The molecule has 152 valence electrons. The van der Waals surface area contributed by atoms with E-state index in [1.807, 2.05) is 30.3 Å². The van der Waals surface area contributed by atoms with Crippen molar-refractivity contribution in [3.8, 4) is 0 Å². The first-order valence-corrected chi connectivity index (χ1v) is 11.6. The van der Waals surface area contributed by atoms with Gasteiger partial charge >= 0.3 is 7.80 Å². The summed E-state index contributed by atoms with van der Waals surface area (Å²) in [6, 6.07) is 16.2. The topological polar surface area (TPSA) is 35.5 Å². The molecule has 0 radical (unpaired) electrons. The van der Waals surface area contributed by atoms with Crippen molar-refractivity contribution in [2.45, 2.75) is 51.4 Å². The van der Waals surface area contributed by atoms with Crippen LogP contribution in [-0.4, -0.2) is 27.4 Å². The molecular weight excluding hydrogens is 367 g/mol. The molecule has 28 heavy (non-hydrogen) atoms. The number of hydrogen-bond donors (Lipinski definition) is 0. The van der Waals surface area contributed by atoms with Crippen LogP contribution in [0, 0.1) is 0 Å². The lowest BCUT2D eigenvalue weighted by atomic mass is 9.97. The van der Waals surface area contributed by atoms with Gasteiger partial charge in [0.05, 0.1) is 0 Å². The van der Waals surface area contributed by atoms with Crippen LogP contribution in [0.4, 0.5) is 0 Å². The Balaban J connectivity index is 2.14. The summed E-state index contributed by atoms with van der Waals surface area (Å²) < 4.78 is 23.6. The zero-order valence-electron chi connectivity index (χ0n) is 17.4. The van der Waals surface area contributed by atoms with Gasteiger partial charge in [0.25, 0.3) is 0 Å². The van der Waals surface area contributed by atoms with Crippen molar-refractivity contribution in [2.75, 3.05) is 27.4 Å². The Morgan fingerprint density at radius 2 is 1.36 bits per heavy atom. The van der Waals surface area contributed by atoms with Gasteiger partial charge in [0.2, 0.25) is 0 Å². The number of ether oxygens (including phenoxy) is 2. The van der Waals surface area contributed by atoms with Crippen molar-refractivity contribution < 1.29 is 14.0 Å². The van der Waals surface area contributed by atoms with Crippen molar-refractivity contribution in [1.29, 1.82) is 0 Å².